The number of rotatable bonds is 6. The van der Waals surface area contributed by atoms with Gasteiger partial charge >= 0.3 is 6.03 Å². The minimum absolute atomic E-state index is 0.0357. The molecule has 1 atom stereocenters. The molecule has 0 radical (unpaired) electrons. The first kappa shape index (κ1) is 16.8. The number of urea groups is 1. The highest BCUT2D eigenvalue weighted by Gasteiger charge is 2.24. The molecule has 2 rings (SSSR count). The maximum Gasteiger partial charge on any atom is 0.315 e. The Labute approximate surface area is 131 Å². The number of carbonyl (C=O) groups is 1. The van der Waals surface area contributed by atoms with Crippen LogP contribution in [0.1, 0.15) is 18.0 Å². The molecule has 2 N–H and O–H groups in total. The van der Waals surface area contributed by atoms with Crippen molar-refractivity contribution in [2.24, 2.45) is 0 Å². The number of benzene rings is 1. The summed E-state index contributed by atoms with van der Waals surface area (Å²) >= 11 is 6.06. The Balaban J connectivity index is 1.80. The Kier molecular flexibility index (Phi) is 6.21. The second kappa shape index (κ2) is 8.14. The third-order valence-electron chi connectivity index (χ3n) is 3.11. The molecule has 0 unspecified atom stereocenters. The highest BCUT2D eigenvalue weighted by Crippen LogP contribution is 2.37. The van der Waals surface area contributed by atoms with E-state index >= 15 is 0 Å². The molecule has 1 aliphatic rings. The van der Waals surface area contributed by atoms with Crippen molar-refractivity contribution in [2.75, 3.05) is 26.4 Å². The number of halogens is 3. The smallest absolute Gasteiger partial charge is 0.315 e. The number of ether oxygens (including phenoxy) is 2. The van der Waals surface area contributed by atoms with Crippen molar-refractivity contribution in [3.63, 3.8) is 0 Å². The first-order valence-corrected chi connectivity index (χ1v) is 7.27. The molecular weight excluding hydrogens is 318 g/mol. The third kappa shape index (κ3) is 4.71. The van der Waals surface area contributed by atoms with E-state index in [-0.39, 0.29) is 19.2 Å². The second-order valence-electron chi connectivity index (χ2n) is 4.71. The highest BCUT2D eigenvalue weighted by atomic mass is 35.5. The zero-order valence-electron chi connectivity index (χ0n) is 11.8. The molecule has 1 aromatic rings. The van der Waals surface area contributed by atoms with Crippen LogP contribution >= 0.6 is 11.6 Å². The van der Waals surface area contributed by atoms with Gasteiger partial charge in [-0.3, -0.25) is 0 Å². The molecule has 1 heterocycles. The van der Waals surface area contributed by atoms with Gasteiger partial charge in [0.1, 0.15) is 12.4 Å². The van der Waals surface area contributed by atoms with Crippen LogP contribution in [0.2, 0.25) is 5.02 Å². The average molecular weight is 335 g/mol. The van der Waals surface area contributed by atoms with Crippen molar-refractivity contribution < 1.29 is 23.0 Å². The van der Waals surface area contributed by atoms with Crippen LogP contribution in [0.15, 0.2) is 18.2 Å². The van der Waals surface area contributed by atoms with Crippen molar-refractivity contribution in [3.8, 4) is 5.75 Å². The van der Waals surface area contributed by atoms with Crippen LogP contribution in [0, 0.1) is 0 Å². The van der Waals surface area contributed by atoms with Crippen LogP contribution in [-0.2, 0) is 4.74 Å². The predicted molar refractivity (Wildman–Crippen MR) is 77.7 cm³/mol. The molecule has 22 heavy (non-hydrogen) atoms. The fraction of sp³-hybridized carbons (Fsp3) is 0.500. The van der Waals surface area contributed by atoms with Gasteiger partial charge in [0.15, 0.2) is 0 Å². The van der Waals surface area contributed by atoms with Gasteiger partial charge in [-0.15, -0.1) is 0 Å². The number of nitrogens with one attached hydrogen (secondary N) is 2. The van der Waals surface area contributed by atoms with Crippen molar-refractivity contribution >= 4 is 17.6 Å². The van der Waals surface area contributed by atoms with Gasteiger partial charge in [0.25, 0.3) is 6.43 Å². The molecule has 0 aliphatic carbocycles. The van der Waals surface area contributed by atoms with Crippen molar-refractivity contribution in [2.45, 2.75) is 18.9 Å². The Morgan fingerprint density at radius 2 is 2.32 bits per heavy atom. The van der Waals surface area contributed by atoms with Crippen LogP contribution < -0.4 is 15.4 Å². The van der Waals surface area contributed by atoms with E-state index in [4.69, 9.17) is 16.3 Å². The molecule has 2 amide bonds. The fourth-order valence-corrected chi connectivity index (χ4v) is 2.39. The predicted octanol–water partition coefficient (Wildman–Crippen LogP) is 2.74. The molecule has 1 aromatic carbocycles. The second-order valence-corrected chi connectivity index (χ2v) is 5.12. The fourth-order valence-electron chi connectivity index (χ4n) is 2.15. The number of alkyl halides is 2. The number of hydrogen-bond donors (Lipinski definition) is 2. The Morgan fingerprint density at radius 1 is 1.50 bits per heavy atom. The molecule has 0 saturated heterocycles. The van der Waals surface area contributed by atoms with E-state index in [0.717, 1.165) is 5.56 Å². The van der Waals surface area contributed by atoms with E-state index in [0.29, 0.717) is 23.8 Å². The SMILES string of the molecule is O=C(NCCOCC(F)F)N[C@@H]1CCOc2c(Cl)cccc21. The lowest BCUT2D eigenvalue weighted by atomic mass is 10.0. The van der Waals surface area contributed by atoms with Gasteiger partial charge in [0.2, 0.25) is 0 Å². The first-order chi connectivity index (χ1) is 10.6. The van der Waals surface area contributed by atoms with Crippen LogP contribution in [0.5, 0.6) is 5.75 Å². The number of hydrogen-bond acceptors (Lipinski definition) is 3. The van der Waals surface area contributed by atoms with Gasteiger partial charge in [0.05, 0.1) is 24.3 Å². The summed E-state index contributed by atoms with van der Waals surface area (Å²) in [6, 6.07) is 4.77. The summed E-state index contributed by atoms with van der Waals surface area (Å²) in [6.07, 6.45) is -1.87. The van der Waals surface area contributed by atoms with Crippen LogP contribution in [0.25, 0.3) is 0 Å². The van der Waals surface area contributed by atoms with E-state index < -0.39 is 19.1 Å². The van der Waals surface area contributed by atoms with E-state index in [1.54, 1.807) is 12.1 Å². The van der Waals surface area contributed by atoms with Crippen LogP contribution in [0.3, 0.4) is 0 Å². The lowest BCUT2D eigenvalue weighted by molar-refractivity contribution is 0.0193. The largest absolute Gasteiger partial charge is 0.492 e. The molecule has 122 valence electrons. The summed E-state index contributed by atoms with van der Waals surface area (Å²) in [6.45, 7) is 0.0203. The number of fused-ring (bicyclic) bond motifs is 1. The quantitative estimate of drug-likeness (QED) is 0.786. The summed E-state index contributed by atoms with van der Waals surface area (Å²) in [5, 5.41) is 5.87. The molecule has 0 aromatic heterocycles. The Hall–Kier alpha value is -1.60. The van der Waals surface area contributed by atoms with Gasteiger partial charge in [-0.05, 0) is 6.07 Å². The molecule has 0 fully saturated rings. The average Bonchev–Trinajstić information content (AvgIpc) is 2.48. The van der Waals surface area contributed by atoms with Gasteiger partial charge < -0.3 is 20.1 Å². The first-order valence-electron chi connectivity index (χ1n) is 6.89. The molecule has 0 spiro atoms. The third-order valence-corrected chi connectivity index (χ3v) is 3.40. The van der Waals surface area contributed by atoms with Crippen molar-refractivity contribution in [1.82, 2.24) is 10.6 Å². The monoisotopic (exact) mass is 334 g/mol. The molecular formula is C14H17ClF2N2O3. The van der Waals surface area contributed by atoms with Crippen molar-refractivity contribution in [1.29, 1.82) is 0 Å². The summed E-state index contributed by atoms with van der Waals surface area (Å²) in [5.74, 6) is 0.584. The van der Waals surface area contributed by atoms with E-state index in [1.165, 1.54) is 0 Å². The number of para-hydroxylation sites is 1. The van der Waals surface area contributed by atoms with Gasteiger partial charge in [-0.1, -0.05) is 23.7 Å². The molecule has 0 saturated carbocycles. The van der Waals surface area contributed by atoms with Crippen molar-refractivity contribution in [3.05, 3.63) is 28.8 Å². The maximum absolute atomic E-state index is 11.9. The number of amides is 2. The van der Waals surface area contributed by atoms with Crippen LogP contribution in [0.4, 0.5) is 13.6 Å². The minimum atomic E-state index is -2.50. The zero-order valence-corrected chi connectivity index (χ0v) is 12.5. The topological polar surface area (TPSA) is 59.6 Å². The highest BCUT2D eigenvalue weighted by molar-refractivity contribution is 6.32. The Bertz CT molecular complexity index is 517. The lowest BCUT2D eigenvalue weighted by Gasteiger charge is -2.27. The van der Waals surface area contributed by atoms with E-state index in [2.05, 4.69) is 15.4 Å². The molecule has 5 nitrogen and oxygen atoms in total. The standard InChI is InChI=1S/C14H17ClF2N2O3/c15-10-3-1-2-9-11(4-6-22-13(9)10)19-14(20)18-5-7-21-8-12(16)17/h1-3,11-12H,4-8H2,(H2,18,19,20)/t11-/m1/s1. The maximum atomic E-state index is 11.9. The summed E-state index contributed by atoms with van der Waals surface area (Å²) in [7, 11) is 0. The molecule has 1 aliphatic heterocycles. The molecule has 0 bridgehead atoms. The lowest BCUT2D eigenvalue weighted by Crippen LogP contribution is -2.41. The van der Waals surface area contributed by atoms with Crippen LogP contribution in [-0.4, -0.2) is 38.8 Å². The summed E-state index contributed by atoms with van der Waals surface area (Å²) < 4.78 is 33.9. The summed E-state index contributed by atoms with van der Waals surface area (Å²) in [4.78, 5) is 11.8. The normalized spacial score (nSPS) is 16.8. The van der Waals surface area contributed by atoms with Gasteiger partial charge in [-0.25, -0.2) is 13.6 Å². The zero-order chi connectivity index (χ0) is 15.9. The van der Waals surface area contributed by atoms with E-state index in [9.17, 15) is 13.6 Å². The van der Waals surface area contributed by atoms with Gasteiger partial charge in [0, 0.05) is 18.5 Å². The van der Waals surface area contributed by atoms with E-state index in [1.807, 2.05) is 6.07 Å². The Morgan fingerprint density at radius 3 is 3.09 bits per heavy atom. The summed E-state index contributed by atoms with van der Waals surface area (Å²) in [5.41, 5.74) is 0.822. The molecule has 8 heteroatoms. The number of carbonyl (C=O) groups excluding carboxylic acids is 1. The minimum Gasteiger partial charge on any atom is -0.492 e. The van der Waals surface area contributed by atoms with Gasteiger partial charge in [-0.2, -0.15) is 0 Å².